The van der Waals surface area contributed by atoms with E-state index in [1.54, 1.807) is 31.2 Å². The Bertz CT molecular complexity index is 1420. The van der Waals surface area contributed by atoms with Crippen molar-refractivity contribution in [1.29, 1.82) is 0 Å². The molecule has 0 radical (unpaired) electrons. The molecule has 0 unspecified atom stereocenters. The molecular weight excluding hydrogens is 553 g/mol. The molecule has 1 atom stereocenters. The molecule has 0 saturated carbocycles. The maximum atomic E-state index is 14.0. The van der Waals surface area contributed by atoms with E-state index in [1.807, 2.05) is 27.7 Å². The fourth-order valence-electron chi connectivity index (χ4n) is 4.13. The standard InChI is InChI=1S/C30H35ClFN3O4S/c1-6-27(29(37)33-30(3,4)5)34(19-22-9-13-24(32)14-10-22)28(36)20-35(25-15-11-23(31)12-16-25)40(38,39)26-17-7-21(2)8-18-26/h7-18,27H,6,19-20H2,1-5H3,(H,33,37)/t27-/m0/s1. The number of anilines is 1. The third-order valence-electron chi connectivity index (χ3n) is 6.15. The summed E-state index contributed by atoms with van der Waals surface area (Å²) in [6.07, 6.45) is 0.278. The second-order valence-electron chi connectivity index (χ2n) is 10.6. The molecule has 1 N–H and O–H groups in total. The van der Waals surface area contributed by atoms with E-state index in [9.17, 15) is 22.4 Å². The van der Waals surface area contributed by atoms with Gasteiger partial charge in [-0.25, -0.2) is 12.8 Å². The van der Waals surface area contributed by atoms with Crippen LogP contribution in [0.4, 0.5) is 10.1 Å². The first-order valence-electron chi connectivity index (χ1n) is 12.9. The van der Waals surface area contributed by atoms with Crippen molar-refractivity contribution in [2.45, 2.75) is 64.1 Å². The third kappa shape index (κ3) is 8.05. The number of aryl methyl sites for hydroxylation is 1. The molecule has 40 heavy (non-hydrogen) atoms. The largest absolute Gasteiger partial charge is 0.350 e. The van der Waals surface area contributed by atoms with Gasteiger partial charge in [-0.3, -0.25) is 13.9 Å². The number of amides is 2. The van der Waals surface area contributed by atoms with Crippen molar-refractivity contribution >= 4 is 39.1 Å². The molecule has 2 amide bonds. The van der Waals surface area contributed by atoms with Gasteiger partial charge >= 0.3 is 0 Å². The van der Waals surface area contributed by atoms with Gasteiger partial charge in [0.2, 0.25) is 11.8 Å². The summed E-state index contributed by atoms with van der Waals surface area (Å²) in [7, 11) is -4.18. The van der Waals surface area contributed by atoms with Crippen molar-refractivity contribution in [2.24, 2.45) is 0 Å². The maximum Gasteiger partial charge on any atom is 0.264 e. The first-order valence-corrected chi connectivity index (χ1v) is 14.7. The molecule has 0 aromatic heterocycles. The number of nitrogens with zero attached hydrogens (tertiary/aromatic N) is 2. The molecule has 0 heterocycles. The number of rotatable bonds is 10. The highest BCUT2D eigenvalue weighted by molar-refractivity contribution is 7.92. The Morgan fingerprint density at radius 2 is 1.52 bits per heavy atom. The lowest BCUT2D eigenvalue weighted by Gasteiger charge is -2.34. The highest BCUT2D eigenvalue weighted by Crippen LogP contribution is 2.26. The molecule has 0 spiro atoms. The minimum atomic E-state index is -4.18. The topological polar surface area (TPSA) is 86.8 Å². The zero-order chi connectivity index (χ0) is 29.7. The summed E-state index contributed by atoms with van der Waals surface area (Å²) >= 11 is 6.06. The van der Waals surface area contributed by atoms with Gasteiger partial charge in [-0.2, -0.15) is 0 Å². The number of sulfonamides is 1. The van der Waals surface area contributed by atoms with E-state index < -0.39 is 39.9 Å². The molecular formula is C30H35ClFN3O4S. The van der Waals surface area contributed by atoms with E-state index in [0.29, 0.717) is 10.6 Å². The summed E-state index contributed by atoms with van der Waals surface area (Å²) in [5.41, 5.74) is 1.16. The summed E-state index contributed by atoms with van der Waals surface area (Å²) < 4.78 is 42.3. The molecule has 0 aliphatic carbocycles. The average Bonchev–Trinajstić information content (AvgIpc) is 2.88. The Morgan fingerprint density at radius 3 is 2.05 bits per heavy atom. The second kappa shape index (κ2) is 12.8. The monoisotopic (exact) mass is 587 g/mol. The number of carbonyl (C=O) groups is 2. The van der Waals surface area contributed by atoms with E-state index in [4.69, 9.17) is 11.6 Å². The van der Waals surface area contributed by atoms with Crippen molar-refractivity contribution in [3.8, 4) is 0 Å². The van der Waals surface area contributed by atoms with Gasteiger partial charge in [-0.15, -0.1) is 0 Å². The SMILES string of the molecule is CC[C@@H](C(=O)NC(C)(C)C)N(Cc1ccc(F)cc1)C(=O)CN(c1ccc(Cl)cc1)S(=O)(=O)c1ccc(C)cc1. The van der Waals surface area contributed by atoms with Crippen LogP contribution in [0.3, 0.4) is 0 Å². The van der Waals surface area contributed by atoms with Gasteiger partial charge in [0.1, 0.15) is 18.4 Å². The summed E-state index contributed by atoms with van der Waals surface area (Å²) in [5.74, 6) is -1.40. The molecule has 7 nitrogen and oxygen atoms in total. The minimum Gasteiger partial charge on any atom is -0.350 e. The van der Waals surface area contributed by atoms with Gasteiger partial charge in [0.05, 0.1) is 10.6 Å². The van der Waals surface area contributed by atoms with Crippen LogP contribution >= 0.6 is 11.6 Å². The van der Waals surface area contributed by atoms with Gasteiger partial charge < -0.3 is 10.2 Å². The summed E-state index contributed by atoms with van der Waals surface area (Å²) in [6, 6.07) is 17.2. The van der Waals surface area contributed by atoms with Crippen LogP contribution in [0.15, 0.2) is 77.7 Å². The number of carbonyl (C=O) groups excluding carboxylic acids is 2. The fourth-order valence-corrected chi connectivity index (χ4v) is 5.67. The van der Waals surface area contributed by atoms with Crippen LogP contribution < -0.4 is 9.62 Å². The third-order valence-corrected chi connectivity index (χ3v) is 8.19. The molecule has 0 aliphatic heterocycles. The van der Waals surface area contributed by atoms with E-state index >= 15 is 0 Å². The van der Waals surface area contributed by atoms with Crippen LogP contribution in [0.5, 0.6) is 0 Å². The molecule has 0 saturated heterocycles. The molecule has 3 aromatic carbocycles. The van der Waals surface area contributed by atoms with Crippen LogP contribution in [-0.4, -0.2) is 43.3 Å². The Labute approximate surface area is 241 Å². The van der Waals surface area contributed by atoms with Gasteiger partial charge in [-0.1, -0.05) is 48.4 Å². The van der Waals surface area contributed by atoms with Gasteiger partial charge in [0, 0.05) is 17.1 Å². The number of hydrogen-bond donors (Lipinski definition) is 1. The Morgan fingerprint density at radius 1 is 0.950 bits per heavy atom. The Hall–Kier alpha value is -3.43. The molecule has 3 aromatic rings. The van der Waals surface area contributed by atoms with E-state index in [0.717, 1.165) is 9.87 Å². The van der Waals surface area contributed by atoms with Crippen LogP contribution in [0.2, 0.25) is 5.02 Å². The van der Waals surface area contributed by atoms with E-state index in [1.165, 1.54) is 53.4 Å². The Balaban J connectivity index is 2.06. The van der Waals surface area contributed by atoms with Crippen LogP contribution in [0, 0.1) is 12.7 Å². The lowest BCUT2D eigenvalue weighted by Crippen LogP contribution is -2.55. The number of halogens is 2. The van der Waals surface area contributed by atoms with Crippen molar-refractivity contribution in [2.75, 3.05) is 10.8 Å². The molecule has 0 bridgehead atoms. The van der Waals surface area contributed by atoms with Gasteiger partial charge in [-0.05, 0) is 88.2 Å². The second-order valence-corrected chi connectivity index (χ2v) is 12.9. The summed E-state index contributed by atoms with van der Waals surface area (Å²) in [5, 5.41) is 3.32. The van der Waals surface area contributed by atoms with Crippen molar-refractivity contribution in [3.05, 3.63) is 94.8 Å². The fraction of sp³-hybridized carbons (Fsp3) is 0.333. The lowest BCUT2D eigenvalue weighted by atomic mass is 10.1. The smallest absolute Gasteiger partial charge is 0.264 e. The number of nitrogens with one attached hydrogen (secondary N) is 1. The van der Waals surface area contributed by atoms with E-state index in [2.05, 4.69) is 5.32 Å². The Kier molecular flexibility index (Phi) is 9.97. The normalized spacial score (nSPS) is 12.5. The highest BCUT2D eigenvalue weighted by Gasteiger charge is 2.34. The quantitative estimate of drug-likeness (QED) is 0.329. The maximum absolute atomic E-state index is 14.0. The summed E-state index contributed by atoms with van der Waals surface area (Å²) in [4.78, 5) is 28.7. The number of benzene rings is 3. The lowest BCUT2D eigenvalue weighted by molar-refractivity contribution is -0.141. The van der Waals surface area contributed by atoms with Crippen LogP contribution in [0.1, 0.15) is 45.2 Å². The van der Waals surface area contributed by atoms with Crippen molar-refractivity contribution in [3.63, 3.8) is 0 Å². The molecule has 214 valence electrons. The van der Waals surface area contributed by atoms with E-state index in [-0.39, 0.29) is 29.5 Å². The van der Waals surface area contributed by atoms with Gasteiger partial charge in [0.15, 0.2) is 0 Å². The molecule has 10 heteroatoms. The van der Waals surface area contributed by atoms with Crippen LogP contribution in [0.25, 0.3) is 0 Å². The summed E-state index contributed by atoms with van der Waals surface area (Å²) in [6.45, 7) is 8.53. The first kappa shape index (κ1) is 31.1. The predicted molar refractivity (Wildman–Crippen MR) is 156 cm³/mol. The zero-order valence-corrected chi connectivity index (χ0v) is 24.9. The van der Waals surface area contributed by atoms with Crippen LogP contribution in [-0.2, 0) is 26.2 Å². The number of hydrogen-bond acceptors (Lipinski definition) is 4. The predicted octanol–water partition coefficient (Wildman–Crippen LogP) is 5.70. The zero-order valence-electron chi connectivity index (χ0n) is 23.3. The van der Waals surface area contributed by atoms with Crippen molar-refractivity contribution < 1.29 is 22.4 Å². The van der Waals surface area contributed by atoms with Crippen molar-refractivity contribution in [1.82, 2.24) is 10.2 Å². The molecule has 3 rings (SSSR count). The molecule has 0 fully saturated rings. The average molecular weight is 588 g/mol. The first-order chi connectivity index (χ1) is 18.7. The van der Waals surface area contributed by atoms with Gasteiger partial charge in [0.25, 0.3) is 10.0 Å². The molecule has 0 aliphatic rings. The minimum absolute atomic E-state index is 0.0171. The highest BCUT2D eigenvalue weighted by atomic mass is 35.5.